The van der Waals surface area contributed by atoms with Gasteiger partial charge in [0.1, 0.15) is 0 Å². The minimum atomic E-state index is 0.679. The molecule has 0 amide bonds. The Hall–Kier alpha value is -0.120. The molecule has 2 rings (SSSR count). The largest absolute Gasteiger partial charge is 0.330 e. The van der Waals surface area contributed by atoms with Crippen LogP contribution in [0.15, 0.2) is 0 Å². The van der Waals surface area contributed by atoms with E-state index in [0.717, 1.165) is 24.9 Å². The Bertz CT molecular complexity index is 219. The van der Waals surface area contributed by atoms with E-state index in [1.807, 2.05) is 0 Å². The molecule has 0 radical (unpaired) electrons. The molecular formula is C13H27N3. The van der Waals surface area contributed by atoms with Gasteiger partial charge in [0.25, 0.3) is 0 Å². The number of nitrogens with two attached hydrogens (primary N) is 1. The lowest BCUT2D eigenvalue weighted by molar-refractivity contribution is 0.0222. The predicted octanol–water partition coefficient (Wildman–Crippen LogP) is 1.14. The third kappa shape index (κ3) is 2.58. The first-order chi connectivity index (χ1) is 7.72. The maximum absolute atomic E-state index is 5.66. The molecule has 2 fully saturated rings. The van der Waals surface area contributed by atoms with E-state index in [1.54, 1.807) is 0 Å². The molecule has 0 spiro atoms. The molecule has 3 nitrogen and oxygen atoms in total. The van der Waals surface area contributed by atoms with E-state index < -0.39 is 0 Å². The van der Waals surface area contributed by atoms with Crippen molar-refractivity contribution in [3.63, 3.8) is 0 Å². The van der Waals surface area contributed by atoms with Crippen molar-refractivity contribution in [2.75, 3.05) is 33.2 Å². The van der Waals surface area contributed by atoms with Crippen LogP contribution >= 0.6 is 0 Å². The summed E-state index contributed by atoms with van der Waals surface area (Å²) in [6, 6.07) is 1.54. The van der Waals surface area contributed by atoms with Crippen molar-refractivity contribution in [2.45, 2.75) is 44.7 Å². The van der Waals surface area contributed by atoms with Crippen molar-refractivity contribution >= 4 is 0 Å². The van der Waals surface area contributed by atoms with Crippen LogP contribution < -0.4 is 5.73 Å². The van der Waals surface area contributed by atoms with Gasteiger partial charge in [-0.05, 0) is 65.2 Å². The highest BCUT2D eigenvalue weighted by atomic mass is 15.2. The third-order valence-corrected chi connectivity index (χ3v) is 4.58. The third-order valence-electron chi connectivity index (χ3n) is 4.58. The lowest BCUT2D eigenvalue weighted by Gasteiger charge is -2.47. The highest BCUT2D eigenvalue weighted by Gasteiger charge is 2.35. The summed E-state index contributed by atoms with van der Waals surface area (Å²) in [6.07, 6.45) is 5.32. The summed E-state index contributed by atoms with van der Waals surface area (Å²) in [7, 11) is 2.30. The summed E-state index contributed by atoms with van der Waals surface area (Å²) in [6.45, 7) is 7.04. The minimum absolute atomic E-state index is 0.679. The van der Waals surface area contributed by atoms with Gasteiger partial charge in [-0.2, -0.15) is 0 Å². The Balaban J connectivity index is 1.89. The first-order valence-electron chi connectivity index (χ1n) is 6.86. The topological polar surface area (TPSA) is 32.5 Å². The van der Waals surface area contributed by atoms with E-state index in [2.05, 4.69) is 23.8 Å². The van der Waals surface area contributed by atoms with E-state index >= 15 is 0 Å². The van der Waals surface area contributed by atoms with Gasteiger partial charge in [0.15, 0.2) is 0 Å². The monoisotopic (exact) mass is 225 g/mol. The van der Waals surface area contributed by atoms with Gasteiger partial charge in [-0.1, -0.05) is 0 Å². The number of rotatable bonds is 3. The smallest absolute Gasteiger partial charge is 0.0145 e. The van der Waals surface area contributed by atoms with Crippen LogP contribution in [0.3, 0.4) is 0 Å². The Morgan fingerprint density at radius 3 is 2.88 bits per heavy atom. The Morgan fingerprint density at radius 2 is 2.12 bits per heavy atom. The minimum Gasteiger partial charge on any atom is -0.330 e. The van der Waals surface area contributed by atoms with Crippen LogP contribution in [0.25, 0.3) is 0 Å². The molecule has 3 atom stereocenters. The van der Waals surface area contributed by atoms with Gasteiger partial charge < -0.3 is 15.5 Å². The fourth-order valence-electron chi connectivity index (χ4n) is 3.50. The van der Waals surface area contributed by atoms with Crippen molar-refractivity contribution in [3.8, 4) is 0 Å². The molecular weight excluding hydrogens is 198 g/mol. The molecule has 3 heteroatoms. The Kier molecular flexibility index (Phi) is 4.22. The second-order valence-electron chi connectivity index (χ2n) is 5.66. The van der Waals surface area contributed by atoms with Crippen LogP contribution in [0.2, 0.25) is 0 Å². The SMILES string of the molecule is CC(CCN)N1CCC2C(CCCN2C)C1. The van der Waals surface area contributed by atoms with Gasteiger partial charge in [-0.3, -0.25) is 0 Å². The van der Waals surface area contributed by atoms with Crippen LogP contribution in [-0.2, 0) is 0 Å². The second kappa shape index (κ2) is 5.48. The lowest BCUT2D eigenvalue weighted by Crippen LogP contribution is -2.54. The van der Waals surface area contributed by atoms with Crippen molar-refractivity contribution in [3.05, 3.63) is 0 Å². The summed E-state index contributed by atoms with van der Waals surface area (Å²) in [5.41, 5.74) is 5.66. The summed E-state index contributed by atoms with van der Waals surface area (Å²) in [5, 5.41) is 0. The van der Waals surface area contributed by atoms with Crippen LogP contribution in [0.1, 0.15) is 32.6 Å². The summed E-state index contributed by atoms with van der Waals surface area (Å²) < 4.78 is 0. The molecule has 0 aromatic rings. The van der Waals surface area contributed by atoms with E-state index in [1.165, 1.54) is 38.9 Å². The molecule has 0 aromatic carbocycles. The zero-order chi connectivity index (χ0) is 11.5. The number of fused-ring (bicyclic) bond motifs is 1. The van der Waals surface area contributed by atoms with Crippen molar-refractivity contribution < 1.29 is 0 Å². The van der Waals surface area contributed by atoms with Gasteiger partial charge in [-0.25, -0.2) is 0 Å². The zero-order valence-electron chi connectivity index (χ0n) is 10.9. The molecule has 3 unspecified atom stereocenters. The van der Waals surface area contributed by atoms with Crippen molar-refractivity contribution in [1.29, 1.82) is 0 Å². The molecule has 16 heavy (non-hydrogen) atoms. The van der Waals surface area contributed by atoms with E-state index in [4.69, 9.17) is 5.73 Å². The molecule has 0 saturated carbocycles. The molecule has 0 aliphatic carbocycles. The summed E-state index contributed by atoms with van der Waals surface area (Å²) >= 11 is 0. The van der Waals surface area contributed by atoms with Gasteiger partial charge >= 0.3 is 0 Å². The molecule has 2 saturated heterocycles. The average molecular weight is 225 g/mol. The standard InChI is InChI=1S/C13H27N3/c1-11(5-7-14)16-9-6-13-12(10-16)4-3-8-15(13)2/h11-13H,3-10,14H2,1-2H3. The van der Waals surface area contributed by atoms with E-state index in [9.17, 15) is 0 Å². The second-order valence-corrected chi connectivity index (χ2v) is 5.66. The van der Waals surface area contributed by atoms with Gasteiger partial charge in [0, 0.05) is 18.6 Å². The Labute approximate surface area is 100.0 Å². The highest BCUT2D eigenvalue weighted by Crippen LogP contribution is 2.30. The molecule has 2 heterocycles. The Morgan fingerprint density at radius 1 is 1.31 bits per heavy atom. The predicted molar refractivity (Wildman–Crippen MR) is 68.5 cm³/mol. The van der Waals surface area contributed by atoms with Crippen molar-refractivity contribution in [2.24, 2.45) is 11.7 Å². The number of piperidine rings is 2. The number of hydrogen-bond acceptors (Lipinski definition) is 3. The van der Waals surface area contributed by atoms with E-state index in [-0.39, 0.29) is 0 Å². The fourth-order valence-corrected chi connectivity index (χ4v) is 3.50. The lowest BCUT2D eigenvalue weighted by atomic mass is 9.83. The molecule has 0 bridgehead atoms. The van der Waals surface area contributed by atoms with E-state index in [0.29, 0.717) is 6.04 Å². The molecule has 0 aromatic heterocycles. The first kappa shape index (κ1) is 12.3. The molecule has 94 valence electrons. The molecule has 2 N–H and O–H groups in total. The average Bonchev–Trinajstić information content (AvgIpc) is 2.29. The van der Waals surface area contributed by atoms with Crippen molar-refractivity contribution in [1.82, 2.24) is 9.80 Å². The fraction of sp³-hybridized carbons (Fsp3) is 1.00. The number of hydrogen-bond donors (Lipinski definition) is 1. The van der Waals surface area contributed by atoms with Gasteiger partial charge in [0.05, 0.1) is 0 Å². The number of likely N-dealkylation sites (tertiary alicyclic amines) is 2. The van der Waals surface area contributed by atoms with Crippen LogP contribution in [0, 0.1) is 5.92 Å². The normalized spacial score (nSPS) is 34.7. The summed E-state index contributed by atoms with van der Waals surface area (Å²) in [4.78, 5) is 5.24. The highest BCUT2D eigenvalue weighted by molar-refractivity contribution is 4.90. The zero-order valence-corrected chi connectivity index (χ0v) is 10.9. The molecule has 2 aliphatic heterocycles. The van der Waals surface area contributed by atoms with Crippen LogP contribution in [-0.4, -0.2) is 55.1 Å². The van der Waals surface area contributed by atoms with Gasteiger partial charge in [-0.15, -0.1) is 0 Å². The van der Waals surface area contributed by atoms with Crippen LogP contribution in [0.5, 0.6) is 0 Å². The quantitative estimate of drug-likeness (QED) is 0.782. The van der Waals surface area contributed by atoms with Gasteiger partial charge in [0.2, 0.25) is 0 Å². The molecule has 2 aliphatic rings. The maximum Gasteiger partial charge on any atom is 0.0145 e. The summed E-state index contributed by atoms with van der Waals surface area (Å²) in [5.74, 6) is 0.910. The van der Waals surface area contributed by atoms with Crippen LogP contribution in [0.4, 0.5) is 0 Å². The maximum atomic E-state index is 5.66. The first-order valence-corrected chi connectivity index (χ1v) is 6.86. The number of nitrogens with zero attached hydrogens (tertiary/aromatic N) is 2.